The van der Waals surface area contributed by atoms with Gasteiger partial charge in [-0.1, -0.05) is 6.92 Å². The summed E-state index contributed by atoms with van der Waals surface area (Å²) in [6.45, 7) is 5.77. The molecule has 1 saturated heterocycles. The van der Waals surface area contributed by atoms with E-state index in [2.05, 4.69) is 23.2 Å². The van der Waals surface area contributed by atoms with Gasteiger partial charge >= 0.3 is 0 Å². The smallest absolute Gasteiger partial charge is 0.125 e. The lowest BCUT2D eigenvalue weighted by Crippen LogP contribution is -2.25. The Morgan fingerprint density at radius 2 is 2.17 bits per heavy atom. The van der Waals surface area contributed by atoms with Crippen LogP contribution >= 0.6 is 11.8 Å². The monoisotopic (exact) mass is 268 g/mol. The van der Waals surface area contributed by atoms with Crippen LogP contribution in [0.3, 0.4) is 0 Å². The van der Waals surface area contributed by atoms with Crippen LogP contribution in [-0.4, -0.2) is 31.1 Å². The van der Waals surface area contributed by atoms with Crippen LogP contribution in [0.4, 0.5) is 10.1 Å². The minimum atomic E-state index is -0.127. The van der Waals surface area contributed by atoms with Crippen molar-refractivity contribution in [2.24, 2.45) is 0 Å². The lowest BCUT2D eigenvalue weighted by Gasteiger charge is -2.23. The molecule has 0 amide bonds. The van der Waals surface area contributed by atoms with Crippen LogP contribution in [0.1, 0.15) is 18.9 Å². The Labute approximate surface area is 113 Å². The van der Waals surface area contributed by atoms with Crippen molar-refractivity contribution in [3.63, 3.8) is 0 Å². The highest BCUT2D eigenvalue weighted by molar-refractivity contribution is 7.99. The van der Waals surface area contributed by atoms with Crippen LogP contribution in [-0.2, 0) is 6.54 Å². The summed E-state index contributed by atoms with van der Waals surface area (Å²) in [6, 6.07) is 5.39. The van der Waals surface area contributed by atoms with Crippen LogP contribution in [0.25, 0.3) is 0 Å². The van der Waals surface area contributed by atoms with Crippen LogP contribution in [0.2, 0.25) is 0 Å². The second-order valence-electron chi connectivity index (χ2n) is 4.55. The Kier molecular flexibility index (Phi) is 5.32. The molecule has 0 atom stereocenters. The zero-order valence-corrected chi connectivity index (χ0v) is 11.7. The summed E-state index contributed by atoms with van der Waals surface area (Å²) in [5, 5.41) is 3.24. The Balaban J connectivity index is 2.12. The Morgan fingerprint density at radius 3 is 3.00 bits per heavy atom. The molecule has 1 aromatic rings. The Morgan fingerprint density at radius 1 is 1.28 bits per heavy atom. The van der Waals surface area contributed by atoms with Gasteiger partial charge in [-0.15, -0.1) is 0 Å². The standard InChI is InChI=1S/C14H21FN2S/c1-2-16-11-12-8-13(15)10-14(9-12)17-4-3-6-18-7-5-17/h8-10,16H,2-7,11H2,1H3. The topological polar surface area (TPSA) is 15.3 Å². The van der Waals surface area contributed by atoms with Crippen LogP contribution in [0.15, 0.2) is 18.2 Å². The summed E-state index contributed by atoms with van der Waals surface area (Å²) in [5.74, 6) is 2.23. The van der Waals surface area contributed by atoms with E-state index >= 15 is 0 Å². The molecule has 0 unspecified atom stereocenters. The van der Waals surface area contributed by atoms with Crippen LogP contribution in [0.5, 0.6) is 0 Å². The SMILES string of the molecule is CCNCc1cc(F)cc(N2CCCSCC2)c1. The maximum absolute atomic E-state index is 13.7. The highest BCUT2D eigenvalue weighted by atomic mass is 32.2. The number of hydrogen-bond donors (Lipinski definition) is 1. The maximum atomic E-state index is 13.7. The quantitative estimate of drug-likeness (QED) is 0.904. The van der Waals surface area contributed by atoms with Crippen molar-refractivity contribution in [3.8, 4) is 0 Å². The number of halogens is 1. The van der Waals surface area contributed by atoms with Gasteiger partial charge in [-0.05, 0) is 42.5 Å². The summed E-state index contributed by atoms with van der Waals surface area (Å²) in [6.07, 6.45) is 1.18. The summed E-state index contributed by atoms with van der Waals surface area (Å²) in [4.78, 5) is 2.30. The molecule has 1 N–H and O–H groups in total. The van der Waals surface area contributed by atoms with Crippen molar-refractivity contribution in [1.29, 1.82) is 0 Å². The third-order valence-electron chi connectivity index (χ3n) is 3.11. The maximum Gasteiger partial charge on any atom is 0.125 e. The second kappa shape index (κ2) is 7.00. The van der Waals surface area contributed by atoms with Gasteiger partial charge in [0, 0.05) is 31.1 Å². The lowest BCUT2D eigenvalue weighted by atomic mass is 10.1. The van der Waals surface area contributed by atoms with E-state index in [1.54, 1.807) is 12.1 Å². The van der Waals surface area contributed by atoms with Crippen molar-refractivity contribution in [2.75, 3.05) is 36.0 Å². The Hall–Kier alpha value is -0.740. The van der Waals surface area contributed by atoms with Crippen molar-refractivity contribution >= 4 is 17.4 Å². The molecular weight excluding hydrogens is 247 g/mol. The molecule has 2 rings (SSSR count). The van der Waals surface area contributed by atoms with E-state index in [9.17, 15) is 4.39 Å². The predicted octanol–water partition coefficient (Wildman–Crippen LogP) is 2.88. The molecule has 0 aliphatic carbocycles. The van der Waals surface area contributed by atoms with Crippen molar-refractivity contribution < 1.29 is 4.39 Å². The molecule has 1 aliphatic rings. The van der Waals surface area contributed by atoms with E-state index in [0.717, 1.165) is 43.2 Å². The highest BCUT2D eigenvalue weighted by Crippen LogP contribution is 2.22. The van der Waals surface area contributed by atoms with Gasteiger partial charge in [0.1, 0.15) is 5.82 Å². The van der Waals surface area contributed by atoms with E-state index in [-0.39, 0.29) is 5.82 Å². The zero-order chi connectivity index (χ0) is 12.8. The zero-order valence-electron chi connectivity index (χ0n) is 10.9. The number of nitrogens with zero attached hydrogens (tertiary/aromatic N) is 1. The molecule has 1 aromatic carbocycles. The van der Waals surface area contributed by atoms with E-state index < -0.39 is 0 Å². The van der Waals surface area contributed by atoms with Crippen molar-refractivity contribution in [3.05, 3.63) is 29.6 Å². The summed E-state index contributed by atoms with van der Waals surface area (Å²) >= 11 is 1.99. The number of rotatable bonds is 4. The minimum Gasteiger partial charge on any atom is -0.371 e. The van der Waals surface area contributed by atoms with Gasteiger partial charge < -0.3 is 10.2 Å². The van der Waals surface area contributed by atoms with Gasteiger partial charge in [-0.2, -0.15) is 11.8 Å². The average Bonchev–Trinajstić information content (AvgIpc) is 2.64. The third-order valence-corrected chi connectivity index (χ3v) is 4.16. The average molecular weight is 268 g/mol. The molecule has 1 aliphatic heterocycles. The lowest BCUT2D eigenvalue weighted by molar-refractivity contribution is 0.620. The molecule has 0 aromatic heterocycles. The first kappa shape index (κ1) is 13.7. The molecule has 100 valence electrons. The highest BCUT2D eigenvalue weighted by Gasteiger charge is 2.11. The number of thioether (sulfide) groups is 1. The number of benzene rings is 1. The van der Waals surface area contributed by atoms with E-state index in [1.165, 1.54) is 12.2 Å². The third kappa shape index (κ3) is 3.89. The van der Waals surface area contributed by atoms with E-state index in [0.29, 0.717) is 0 Å². The first-order chi connectivity index (χ1) is 8.79. The first-order valence-corrected chi connectivity index (χ1v) is 7.78. The fourth-order valence-corrected chi connectivity index (χ4v) is 3.08. The fraction of sp³-hybridized carbons (Fsp3) is 0.571. The van der Waals surface area contributed by atoms with Crippen molar-refractivity contribution in [2.45, 2.75) is 19.9 Å². The number of hydrogen-bond acceptors (Lipinski definition) is 3. The van der Waals surface area contributed by atoms with Gasteiger partial charge in [-0.3, -0.25) is 0 Å². The molecule has 0 saturated carbocycles. The van der Waals surface area contributed by atoms with Crippen LogP contribution < -0.4 is 10.2 Å². The van der Waals surface area contributed by atoms with Gasteiger partial charge in [0.25, 0.3) is 0 Å². The number of anilines is 1. The van der Waals surface area contributed by atoms with Crippen molar-refractivity contribution in [1.82, 2.24) is 5.32 Å². The first-order valence-electron chi connectivity index (χ1n) is 6.62. The molecular formula is C14H21FN2S. The molecule has 2 nitrogen and oxygen atoms in total. The minimum absolute atomic E-state index is 0.127. The molecule has 0 spiro atoms. The summed E-state index contributed by atoms with van der Waals surface area (Å²) in [7, 11) is 0. The molecule has 18 heavy (non-hydrogen) atoms. The normalized spacial score (nSPS) is 16.7. The van der Waals surface area contributed by atoms with Gasteiger partial charge in [0.15, 0.2) is 0 Å². The summed E-state index contributed by atoms with van der Waals surface area (Å²) in [5.41, 5.74) is 2.06. The second-order valence-corrected chi connectivity index (χ2v) is 5.78. The van der Waals surface area contributed by atoms with Gasteiger partial charge in [-0.25, -0.2) is 4.39 Å². The Bertz CT molecular complexity index is 376. The summed E-state index contributed by atoms with van der Waals surface area (Å²) < 4.78 is 13.7. The molecule has 0 radical (unpaired) electrons. The van der Waals surface area contributed by atoms with Gasteiger partial charge in [0.05, 0.1) is 0 Å². The van der Waals surface area contributed by atoms with E-state index in [4.69, 9.17) is 0 Å². The number of nitrogens with one attached hydrogen (secondary N) is 1. The largest absolute Gasteiger partial charge is 0.371 e. The fourth-order valence-electron chi connectivity index (χ4n) is 2.19. The molecule has 1 fully saturated rings. The van der Waals surface area contributed by atoms with Gasteiger partial charge in [0.2, 0.25) is 0 Å². The molecule has 4 heteroatoms. The van der Waals surface area contributed by atoms with Crippen LogP contribution in [0, 0.1) is 5.82 Å². The molecule has 1 heterocycles. The molecule has 0 bridgehead atoms. The van der Waals surface area contributed by atoms with E-state index in [1.807, 2.05) is 11.8 Å². The predicted molar refractivity (Wildman–Crippen MR) is 77.9 cm³/mol.